The number of methoxy groups -OCH3 is 2. The van der Waals surface area contributed by atoms with E-state index >= 15 is 0 Å². The SMILES string of the molecule is COc1ccc(-n2cc(-c3cc4ccccc4oc3=O)[nH]c2=S)c(OC)c1. The normalized spacial score (nSPS) is 10.9. The van der Waals surface area contributed by atoms with Crippen molar-refractivity contribution in [3.63, 3.8) is 0 Å². The van der Waals surface area contributed by atoms with Crippen LogP contribution in [0.25, 0.3) is 27.9 Å². The molecule has 27 heavy (non-hydrogen) atoms. The fraction of sp³-hybridized carbons (Fsp3) is 0.100. The minimum atomic E-state index is -0.432. The van der Waals surface area contributed by atoms with Crippen LogP contribution in [-0.2, 0) is 0 Å². The van der Waals surface area contributed by atoms with E-state index in [1.54, 1.807) is 43.2 Å². The molecular weight excluding hydrogens is 364 g/mol. The molecule has 0 aliphatic carbocycles. The number of fused-ring (bicyclic) bond motifs is 1. The lowest BCUT2D eigenvalue weighted by Crippen LogP contribution is -2.02. The van der Waals surface area contributed by atoms with Crippen LogP contribution in [0.1, 0.15) is 0 Å². The fourth-order valence-electron chi connectivity index (χ4n) is 2.94. The number of aromatic amines is 1. The van der Waals surface area contributed by atoms with Gasteiger partial charge in [-0.1, -0.05) is 18.2 Å². The van der Waals surface area contributed by atoms with Crippen LogP contribution in [0.3, 0.4) is 0 Å². The van der Waals surface area contributed by atoms with Gasteiger partial charge in [-0.2, -0.15) is 0 Å². The van der Waals surface area contributed by atoms with Crippen molar-refractivity contribution in [1.82, 2.24) is 9.55 Å². The van der Waals surface area contributed by atoms with Gasteiger partial charge in [0.2, 0.25) is 0 Å². The minimum Gasteiger partial charge on any atom is -0.497 e. The standard InChI is InChI=1S/C20H16N2O4S/c1-24-13-7-8-16(18(10-13)25-2)22-11-15(21-20(22)27)14-9-12-5-3-4-6-17(12)26-19(14)23/h3-11H,1-2H3,(H,21,27). The molecule has 2 aromatic heterocycles. The molecule has 0 fully saturated rings. The number of nitrogens with one attached hydrogen (secondary N) is 1. The van der Waals surface area contributed by atoms with E-state index in [0.29, 0.717) is 33.1 Å². The lowest BCUT2D eigenvalue weighted by Gasteiger charge is -2.10. The molecule has 2 aromatic carbocycles. The van der Waals surface area contributed by atoms with Crippen LogP contribution in [0, 0.1) is 4.77 Å². The van der Waals surface area contributed by atoms with Crippen LogP contribution < -0.4 is 15.1 Å². The second-order valence-corrected chi connectivity index (χ2v) is 6.25. The Labute approximate surface area is 159 Å². The number of imidazole rings is 1. The minimum absolute atomic E-state index is 0.408. The quantitative estimate of drug-likeness (QED) is 0.422. The molecule has 7 heteroatoms. The van der Waals surface area contributed by atoms with Crippen molar-refractivity contribution in [2.24, 2.45) is 0 Å². The van der Waals surface area contributed by atoms with Crippen LogP contribution in [-0.4, -0.2) is 23.8 Å². The summed E-state index contributed by atoms with van der Waals surface area (Å²) in [5.41, 5.74) is 1.82. The van der Waals surface area contributed by atoms with Gasteiger partial charge in [0.15, 0.2) is 4.77 Å². The van der Waals surface area contributed by atoms with Gasteiger partial charge in [0.25, 0.3) is 0 Å². The largest absolute Gasteiger partial charge is 0.497 e. The molecular formula is C20H16N2O4S. The molecule has 4 aromatic rings. The van der Waals surface area contributed by atoms with E-state index < -0.39 is 5.63 Å². The van der Waals surface area contributed by atoms with Crippen molar-refractivity contribution in [1.29, 1.82) is 0 Å². The van der Waals surface area contributed by atoms with Crippen LogP contribution >= 0.6 is 12.2 Å². The molecule has 4 rings (SSSR count). The molecule has 136 valence electrons. The molecule has 0 bridgehead atoms. The highest BCUT2D eigenvalue weighted by atomic mass is 32.1. The van der Waals surface area contributed by atoms with E-state index in [-0.39, 0.29) is 0 Å². The van der Waals surface area contributed by atoms with Crippen molar-refractivity contribution in [2.75, 3.05) is 14.2 Å². The summed E-state index contributed by atoms with van der Waals surface area (Å²) < 4.78 is 18.3. The maximum Gasteiger partial charge on any atom is 0.345 e. The Hall–Kier alpha value is -3.32. The Balaban J connectivity index is 1.87. The number of benzene rings is 2. The number of ether oxygens (including phenoxy) is 2. The van der Waals surface area contributed by atoms with E-state index in [1.807, 2.05) is 30.3 Å². The van der Waals surface area contributed by atoms with Gasteiger partial charge in [-0.05, 0) is 36.5 Å². The number of nitrogens with zero attached hydrogens (tertiary/aromatic N) is 1. The number of aromatic nitrogens is 2. The summed E-state index contributed by atoms with van der Waals surface area (Å²) in [5.74, 6) is 1.27. The highest BCUT2D eigenvalue weighted by Gasteiger charge is 2.14. The first-order valence-electron chi connectivity index (χ1n) is 8.18. The van der Waals surface area contributed by atoms with Crippen LogP contribution in [0.2, 0.25) is 0 Å². The van der Waals surface area contributed by atoms with E-state index in [0.717, 1.165) is 11.1 Å². The van der Waals surface area contributed by atoms with Gasteiger partial charge in [0, 0.05) is 17.6 Å². The summed E-state index contributed by atoms with van der Waals surface area (Å²) in [6, 6.07) is 14.6. The number of rotatable bonds is 4. The molecule has 6 nitrogen and oxygen atoms in total. The highest BCUT2D eigenvalue weighted by Crippen LogP contribution is 2.29. The average molecular weight is 380 g/mol. The predicted molar refractivity (Wildman–Crippen MR) is 106 cm³/mol. The van der Waals surface area contributed by atoms with Gasteiger partial charge in [-0.3, -0.25) is 4.57 Å². The third kappa shape index (κ3) is 3.02. The summed E-state index contributed by atoms with van der Waals surface area (Å²) in [5, 5.41) is 0.834. The van der Waals surface area contributed by atoms with Crippen molar-refractivity contribution in [2.45, 2.75) is 0 Å². The van der Waals surface area contributed by atoms with Gasteiger partial charge in [0.05, 0.1) is 31.2 Å². The Kier molecular flexibility index (Phi) is 4.29. The van der Waals surface area contributed by atoms with Gasteiger partial charge in [-0.25, -0.2) is 4.79 Å². The first-order chi connectivity index (χ1) is 13.1. The van der Waals surface area contributed by atoms with Gasteiger partial charge in [0.1, 0.15) is 17.1 Å². The van der Waals surface area contributed by atoms with Crippen LogP contribution in [0.5, 0.6) is 11.5 Å². The zero-order chi connectivity index (χ0) is 19.0. The second-order valence-electron chi connectivity index (χ2n) is 5.87. The van der Waals surface area contributed by atoms with Gasteiger partial charge < -0.3 is 18.9 Å². The summed E-state index contributed by atoms with van der Waals surface area (Å²) in [4.78, 5) is 15.5. The maximum atomic E-state index is 12.4. The van der Waals surface area contributed by atoms with Crippen LogP contribution in [0.4, 0.5) is 0 Å². The number of hydrogen-bond acceptors (Lipinski definition) is 5. The molecule has 0 unspecified atom stereocenters. The third-order valence-corrected chi connectivity index (χ3v) is 4.60. The number of hydrogen-bond donors (Lipinski definition) is 1. The molecule has 0 saturated heterocycles. The fourth-order valence-corrected chi connectivity index (χ4v) is 3.21. The monoisotopic (exact) mass is 380 g/mol. The predicted octanol–water partition coefficient (Wildman–Crippen LogP) is 4.33. The summed E-state index contributed by atoms with van der Waals surface area (Å²) >= 11 is 5.45. The van der Waals surface area contributed by atoms with Gasteiger partial charge in [-0.15, -0.1) is 0 Å². The topological polar surface area (TPSA) is 69.4 Å². The lowest BCUT2D eigenvalue weighted by atomic mass is 10.1. The third-order valence-electron chi connectivity index (χ3n) is 4.30. The number of para-hydroxylation sites is 1. The molecule has 0 radical (unpaired) electrons. The molecule has 2 heterocycles. The van der Waals surface area contributed by atoms with E-state index in [1.165, 1.54) is 0 Å². The second kappa shape index (κ2) is 6.77. The molecule has 0 aliphatic rings. The Morgan fingerprint density at radius 3 is 2.67 bits per heavy atom. The molecule has 0 atom stereocenters. The van der Waals surface area contributed by atoms with Gasteiger partial charge >= 0.3 is 5.63 Å². The van der Waals surface area contributed by atoms with Crippen molar-refractivity contribution < 1.29 is 13.9 Å². The Morgan fingerprint density at radius 1 is 1.07 bits per heavy atom. The van der Waals surface area contributed by atoms with Crippen molar-refractivity contribution in [3.8, 4) is 28.4 Å². The lowest BCUT2D eigenvalue weighted by molar-refractivity contribution is 0.393. The number of H-pyrrole nitrogens is 1. The van der Waals surface area contributed by atoms with E-state index in [4.69, 9.17) is 26.1 Å². The summed E-state index contributed by atoms with van der Waals surface area (Å²) in [7, 11) is 3.17. The van der Waals surface area contributed by atoms with Crippen LogP contribution in [0.15, 0.2) is 63.9 Å². The van der Waals surface area contributed by atoms with E-state index in [2.05, 4.69) is 4.98 Å². The van der Waals surface area contributed by atoms with E-state index in [9.17, 15) is 4.79 Å². The Morgan fingerprint density at radius 2 is 1.89 bits per heavy atom. The molecule has 0 aliphatic heterocycles. The zero-order valence-corrected chi connectivity index (χ0v) is 15.5. The molecule has 0 spiro atoms. The highest BCUT2D eigenvalue weighted by molar-refractivity contribution is 7.71. The molecule has 1 N–H and O–H groups in total. The van der Waals surface area contributed by atoms with Crippen molar-refractivity contribution in [3.05, 3.63) is 69.9 Å². The summed E-state index contributed by atoms with van der Waals surface area (Å²) in [6.45, 7) is 0. The smallest absolute Gasteiger partial charge is 0.345 e. The zero-order valence-electron chi connectivity index (χ0n) is 14.7. The summed E-state index contributed by atoms with van der Waals surface area (Å²) in [6.07, 6.45) is 1.76. The molecule has 0 amide bonds. The molecule has 0 saturated carbocycles. The van der Waals surface area contributed by atoms with Crippen molar-refractivity contribution >= 4 is 23.2 Å². The Bertz CT molecular complexity index is 1250. The maximum absolute atomic E-state index is 12.4. The first-order valence-corrected chi connectivity index (χ1v) is 8.59. The average Bonchev–Trinajstić information content (AvgIpc) is 3.08. The first kappa shape index (κ1) is 17.1.